The molecule has 2 aromatic carbocycles. The number of nitrogens with two attached hydrogens (primary N) is 1. The van der Waals surface area contributed by atoms with Gasteiger partial charge in [0.25, 0.3) is 5.91 Å². The number of rotatable bonds is 6. The topological polar surface area (TPSA) is 118 Å². The summed E-state index contributed by atoms with van der Waals surface area (Å²) in [5, 5.41) is 14.2. The maximum Gasteiger partial charge on any atom is 0.273 e. The summed E-state index contributed by atoms with van der Waals surface area (Å²) in [4.78, 5) is 18.5. The van der Waals surface area contributed by atoms with Crippen molar-refractivity contribution in [3.05, 3.63) is 59.3 Å². The molecule has 1 aromatic heterocycles. The molecule has 4 rings (SSSR count). The number of benzene rings is 2. The quantitative estimate of drug-likeness (QED) is 0.572. The second-order valence-corrected chi connectivity index (χ2v) is 7.12. The molecule has 3 aromatic rings. The molecule has 4 N–H and O–H groups in total. The van der Waals surface area contributed by atoms with Crippen LogP contribution in [0.5, 0.6) is 5.75 Å². The number of carbonyl (C=O) groups is 1. The number of hydrogen-bond acceptors (Lipinski definition) is 8. The Balaban J connectivity index is 1.66. The normalized spacial score (nSPS) is 13.4. The van der Waals surface area contributed by atoms with E-state index in [-0.39, 0.29) is 17.5 Å². The summed E-state index contributed by atoms with van der Waals surface area (Å²) in [5.74, 6) is 0.425. The van der Waals surface area contributed by atoms with Gasteiger partial charge >= 0.3 is 0 Å². The number of fused-ring (bicyclic) bond motifs is 1. The van der Waals surface area contributed by atoms with Gasteiger partial charge in [-0.15, -0.1) is 10.2 Å². The number of nitrogens with one attached hydrogen (secondary N) is 2. The number of methoxy groups -OCH3 is 1. The molecule has 1 aliphatic heterocycles. The summed E-state index contributed by atoms with van der Waals surface area (Å²) in [6.45, 7) is 1.87. The highest BCUT2D eigenvalue weighted by molar-refractivity contribution is 5.96. The zero-order chi connectivity index (χ0) is 21.1. The van der Waals surface area contributed by atoms with Gasteiger partial charge in [-0.3, -0.25) is 4.79 Å². The summed E-state index contributed by atoms with van der Waals surface area (Å²) < 4.78 is 5.56. The molecular formula is C21H23N7O2. The molecule has 0 radical (unpaired) electrons. The molecule has 0 bridgehead atoms. The van der Waals surface area contributed by atoms with Crippen LogP contribution in [0.15, 0.2) is 42.5 Å². The van der Waals surface area contributed by atoms with Crippen LogP contribution >= 0.6 is 0 Å². The van der Waals surface area contributed by atoms with Crippen LogP contribution in [0, 0.1) is 0 Å². The first-order valence-corrected chi connectivity index (χ1v) is 9.55. The SMILES string of the molecule is COc1cc2c(cc1Nc1nnc(C(N)=O)c(Nc3ccccc3)n1)CCN(C)C2. The second-order valence-electron chi connectivity index (χ2n) is 7.12. The maximum atomic E-state index is 11.8. The lowest BCUT2D eigenvalue weighted by atomic mass is 9.99. The molecule has 154 valence electrons. The Morgan fingerprint density at radius 3 is 2.67 bits per heavy atom. The molecule has 0 saturated heterocycles. The van der Waals surface area contributed by atoms with Gasteiger partial charge in [-0.2, -0.15) is 4.98 Å². The van der Waals surface area contributed by atoms with Crippen molar-refractivity contribution in [3.8, 4) is 5.75 Å². The third kappa shape index (κ3) is 4.15. The van der Waals surface area contributed by atoms with Crippen molar-refractivity contribution in [2.24, 2.45) is 5.73 Å². The van der Waals surface area contributed by atoms with Crippen molar-refractivity contribution in [2.45, 2.75) is 13.0 Å². The molecular weight excluding hydrogens is 382 g/mol. The molecule has 0 aliphatic carbocycles. The number of aromatic nitrogens is 3. The van der Waals surface area contributed by atoms with Gasteiger partial charge in [0.05, 0.1) is 12.8 Å². The molecule has 0 fully saturated rings. The Bertz CT molecular complexity index is 1070. The molecule has 9 nitrogen and oxygen atoms in total. The number of likely N-dealkylation sites (N-methyl/N-ethyl adjacent to an activating group) is 1. The van der Waals surface area contributed by atoms with E-state index in [0.717, 1.165) is 30.9 Å². The smallest absolute Gasteiger partial charge is 0.273 e. The van der Waals surface area contributed by atoms with E-state index in [1.54, 1.807) is 7.11 Å². The summed E-state index contributed by atoms with van der Waals surface area (Å²) in [6, 6.07) is 13.4. The maximum absolute atomic E-state index is 11.8. The monoisotopic (exact) mass is 405 g/mol. The molecule has 2 heterocycles. The second kappa shape index (κ2) is 8.34. The van der Waals surface area contributed by atoms with Gasteiger partial charge in [0, 0.05) is 18.8 Å². The van der Waals surface area contributed by atoms with Crippen molar-refractivity contribution in [1.29, 1.82) is 0 Å². The number of amides is 1. The largest absolute Gasteiger partial charge is 0.495 e. The van der Waals surface area contributed by atoms with E-state index in [0.29, 0.717) is 5.75 Å². The van der Waals surface area contributed by atoms with Gasteiger partial charge in [0.15, 0.2) is 11.5 Å². The molecule has 0 spiro atoms. The van der Waals surface area contributed by atoms with E-state index in [1.165, 1.54) is 11.1 Å². The van der Waals surface area contributed by atoms with Gasteiger partial charge in [-0.25, -0.2) is 0 Å². The molecule has 1 amide bonds. The zero-order valence-electron chi connectivity index (χ0n) is 16.8. The number of carbonyl (C=O) groups excluding carboxylic acids is 1. The highest BCUT2D eigenvalue weighted by atomic mass is 16.5. The van der Waals surface area contributed by atoms with Crippen molar-refractivity contribution in [2.75, 3.05) is 31.3 Å². The molecule has 0 atom stereocenters. The van der Waals surface area contributed by atoms with Crippen LogP contribution in [0.4, 0.5) is 23.1 Å². The Morgan fingerprint density at radius 1 is 1.13 bits per heavy atom. The Morgan fingerprint density at radius 2 is 1.93 bits per heavy atom. The lowest BCUT2D eigenvalue weighted by Crippen LogP contribution is -2.26. The molecule has 9 heteroatoms. The van der Waals surface area contributed by atoms with Crippen LogP contribution in [0.3, 0.4) is 0 Å². The first-order chi connectivity index (χ1) is 14.5. The predicted molar refractivity (Wildman–Crippen MR) is 114 cm³/mol. The minimum Gasteiger partial charge on any atom is -0.495 e. The van der Waals surface area contributed by atoms with Gasteiger partial charge in [0.2, 0.25) is 5.95 Å². The fourth-order valence-corrected chi connectivity index (χ4v) is 3.41. The average molecular weight is 405 g/mol. The van der Waals surface area contributed by atoms with Crippen LogP contribution < -0.4 is 21.1 Å². The van der Waals surface area contributed by atoms with E-state index < -0.39 is 5.91 Å². The predicted octanol–water partition coefficient (Wildman–Crippen LogP) is 2.45. The summed E-state index contributed by atoms with van der Waals surface area (Å²) in [6.07, 6.45) is 0.949. The number of primary amides is 1. The van der Waals surface area contributed by atoms with Crippen LogP contribution in [-0.2, 0) is 13.0 Å². The van der Waals surface area contributed by atoms with Crippen LogP contribution in [0.25, 0.3) is 0 Å². The molecule has 0 unspecified atom stereocenters. The minimum atomic E-state index is -0.713. The lowest BCUT2D eigenvalue weighted by molar-refractivity contribution is 0.0995. The number of ether oxygens (including phenoxy) is 1. The Kier molecular flexibility index (Phi) is 5.44. The van der Waals surface area contributed by atoms with Crippen molar-refractivity contribution in [3.63, 3.8) is 0 Å². The summed E-state index contributed by atoms with van der Waals surface area (Å²) in [7, 11) is 3.72. The third-order valence-corrected chi connectivity index (χ3v) is 4.93. The molecule has 1 aliphatic rings. The van der Waals surface area contributed by atoms with Crippen LogP contribution in [0.2, 0.25) is 0 Å². The van der Waals surface area contributed by atoms with Gasteiger partial charge < -0.3 is 26.0 Å². The van der Waals surface area contributed by atoms with Crippen LogP contribution in [0.1, 0.15) is 21.6 Å². The highest BCUT2D eigenvalue weighted by Crippen LogP contribution is 2.33. The molecule has 0 saturated carbocycles. The van der Waals surface area contributed by atoms with Gasteiger partial charge in [0.1, 0.15) is 5.75 Å². The number of para-hydroxylation sites is 1. The van der Waals surface area contributed by atoms with Crippen molar-refractivity contribution >= 4 is 29.0 Å². The first kappa shape index (κ1) is 19.6. The highest BCUT2D eigenvalue weighted by Gasteiger charge is 2.19. The lowest BCUT2D eigenvalue weighted by Gasteiger charge is -2.26. The standard InChI is InChI=1S/C21H23N7O2/c1-28-9-8-13-10-16(17(30-2)11-14(13)12-28)24-21-25-20(18(19(22)29)26-27-21)23-15-6-4-3-5-7-15/h3-7,10-11H,8-9,12H2,1-2H3,(H2,22,29)(H2,23,24,25,27). The Labute approximate surface area is 174 Å². The number of hydrogen-bond donors (Lipinski definition) is 3. The van der Waals surface area contributed by atoms with E-state index in [9.17, 15) is 4.79 Å². The minimum absolute atomic E-state index is 0.0372. The van der Waals surface area contributed by atoms with E-state index in [1.807, 2.05) is 36.4 Å². The van der Waals surface area contributed by atoms with Crippen molar-refractivity contribution < 1.29 is 9.53 Å². The van der Waals surface area contributed by atoms with E-state index in [4.69, 9.17) is 10.5 Å². The fourth-order valence-electron chi connectivity index (χ4n) is 3.41. The molecule has 30 heavy (non-hydrogen) atoms. The number of nitrogens with zero attached hydrogens (tertiary/aromatic N) is 4. The number of anilines is 4. The third-order valence-electron chi connectivity index (χ3n) is 4.93. The van der Waals surface area contributed by atoms with Crippen molar-refractivity contribution in [1.82, 2.24) is 20.1 Å². The van der Waals surface area contributed by atoms with Gasteiger partial charge in [-0.05, 0) is 48.9 Å². The van der Waals surface area contributed by atoms with E-state index >= 15 is 0 Å². The zero-order valence-corrected chi connectivity index (χ0v) is 16.8. The summed E-state index contributed by atoms with van der Waals surface area (Å²) >= 11 is 0. The Hall–Kier alpha value is -3.72. The average Bonchev–Trinajstić information content (AvgIpc) is 2.74. The summed E-state index contributed by atoms with van der Waals surface area (Å²) in [5.41, 5.74) is 9.38. The van der Waals surface area contributed by atoms with E-state index in [2.05, 4.69) is 43.8 Å². The fraction of sp³-hybridized carbons (Fsp3) is 0.238. The first-order valence-electron chi connectivity index (χ1n) is 9.55. The van der Waals surface area contributed by atoms with Gasteiger partial charge in [-0.1, -0.05) is 18.2 Å². The van der Waals surface area contributed by atoms with Crippen LogP contribution in [-0.4, -0.2) is 46.7 Å².